The second-order valence-electron chi connectivity index (χ2n) is 6.83. The lowest BCUT2D eigenvalue weighted by atomic mass is 10.2. The van der Waals surface area contributed by atoms with Crippen LogP contribution in [0.2, 0.25) is 5.02 Å². The minimum Gasteiger partial charge on any atom is -0.350 e. The van der Waals surface area contributed by atoms with Crippen molar-refractivity contribution in [1.82, 2.24) is 30.1 Å². The maximum atomic E-state index is 12.5. The van der Waals surface area contributed by atoms with E-state index in [1.807, 2.05) is 36.7 Å². The Morgan fingerprint density at radius 3 is 2.63 bits per heavy atom. The molecule has 1 aromatic carbocycles. The molecule has 1 amide bonds. The summed E-state index contributed by atoms with van der Waals surface area (Å²) in [5, 5.41) is 16.6. The number of hydrogen-bond acceptors (Lipinski definition) is 4. The van der Waals surface area contributed by atoms with Gasteiger partial charge in [-0.05, 0) is 51.0 Å². The fraction of sp³-hybridized carbons (Fsp3) is 0.368. The number of carbonyl (C=O) groups excluding carboxylic acids is 1. The lowest BCUT2D eigenvalue weighted by Gasteiger charge is -2.13. The van der Waals surface area contributed by atoms with Crippen molar-refractivity contribution in [3.05, 3.63) is 58.1 Å². The van der Waals surface area contributed by atoms with Crippen LogP contribution in [-0.4, -0.2) is 37.2 Å². The Morgan fingerprint density at radius 1 is 1.19 bits per heavy atom. The van der Waals surface area contributed by atoms with Crippen LogP contribution in [-0.2, 0) is 6.54 Å². The van der Waals surface area contributed by atoms with Crippen LogP contribution < -0.4 is 5.32 Å². The van der Waals surface area contributed by atoms with Crippen LogP contribution in [0, 0.1) is 26.7 Å². The number of nitrogens with zero attached hydrogens (tertiary/aromatic N) is 5. The molecule has 0 aliphatic rings. The van der Waals surface area contributed by atoms with Gasteiger partial charge in [0.2, 0.25) is 0 Å². The van der Waals surface area contributed by atoms with Crippen LogP contribution in [0.1, 0.15) is 34.5 Å². The maximum absolute atomic E-state index is 12.5. The molecule has 0 saturated heterocycles. The molecule has 0 radical (unpaired) electrons. The average molecular weight is 387 g/mol. The van der Waals surface area contributed by atoms with Crippen molar-refractivity contribution in [3.63, 3.8) is 0 Å². The van der Waals surface area contributed by atoms with Crippen molar-refractivity contribution < 1.29 is 4.79 Å². The van der Waals surface area contributed by atoms with Crippen LogP contribution in [0.15, 0.2) is 30.3 Å². The first-order valence-corrected chi connectivity index (χ1v) is 9.20. The van der Waals surface area contributed by atoms with Crippen molar-refractivity contribution in [3.8, 4) is 5.69 Å². The Bertz CT molecular complexity index is 961. The van der Waals surface area contributed by atoms with Crippen LogP contribution in [0.5, 0.6) is 0 Å². The highest BCUT2D eigenvalue weighted by Crippen LogP contribution is 2.14. The monoisotopic (exact) mass is 386 g/mol. The molecule has 7 nitrogen and oxygen atoms in total. The van der Waals surface area contributed by atoms with Gasteiger partial charge >= 0.3 is 0 Å². The molecule has 2 aromatic heterocycles. The van der Waals surface area contributed by atoms with E-state index in [0.29, 0.717) is 28.6 Å². The molecule has 27 heavy (non-hydrogen) atoms. The zero-order chi connectivity index (χ0) is 19.6. The van der Waals surface area contributed by atoms with Crippen molar-refractivity contribution in [2.45, 2.75) is 34.2 Å². The third-order valence-corrected chi connectivity index (χ3v) is 4.47. The van der Waals surface area contributed by atoms with Gasteiger partial charge in [-0.2, -0.15) is 15.0 Å². The molecule has 3 rings (SSSR count). The molecule has 142 valence electrons. The van der Waals surface area contributed by atoms with Gasteiger partial charge in [-0.15, -0.1) is 5.10 Å². The fourth-order valence-corrected chi connectivity index (χ4v) is 3.06. The third-order valence-electron chi connectivity index (χ3n) is 4.24. The number of aryl methyl sites for hydroxylation is 3. The molecule has 1 unspecified atom stereocenters. The Hall–Kier alpha value is -2.67. The van der Waals surface area contributed by atoms with Gasteiger partial charge in [0.25, 0.3) is 5.91 Å². The Morgan fingerprint density at radius 2 is 1.96 bits per heavy atom. The summed E-state index contributed by atoms with van der Waals surface area (Å²) in [5.74, 6) is -0.00349. The number of hydrogen-bond donors (Lipinski definition) is 1. The Labute approximate surface area is 163 Å². The van der Waals surface area contributed by atoms with E-state index in [4.69, 9.17) is 11.6 Å². The number of carbonyl (C=O) groups is 1. The SMILES string of the molecule is Cc1cc(C)n(CC(C)CNC(=O)c2nn(-c3cccc(Cl)c3)nc2C)n1. The molecule has 8 heteroatoms. The zero-order valence-electron chi connectivity index (χ0n) is 15.9. The molecule has 3 aromatic rings. The van der Waals surface area contributed by atoms with Gasteiger partial charge in [0.1, 0.15) is 0 Å². The first-order valence-electron chi connectivity index (χ1n) is 8.82. The van der Waals surface area contributed by atoms with Crippen molar-refractivity contribution in [1.29, 1.82) is 0 Å². The molecule has 0 spiro atoms. The number of amides is 1. The molecular weight excluding hydrogens is 364 g/mol. The van der Waals surface area contributed by atoms with Gasteiger partial charge in [0, 0.05) is 23.8 Å². The molecule has 0 saturated carbocycles. The average Bonchev–Trinajstić information content (AvgIpc) is 3.15. The highest BCUT2D eigenvalue weighted by molar-refractivity contribution is 6.30. The molecule has 0 fully saturated rings. The molecule has 0 aliphatic carbocycles. The predicted molar refractivity (Wildman–Crippen MR) is 104 cm³/mol. The van der Waals surface area contributed by atoms with Crippen molar-refractivity contribution in [2.75, 3.05) is 6.54 Å². The minimum absolute atomic E-state index is 0.232. The molecule has 0 aliphatic heterocycles. The number of nitrogens with one attached hydrogen (secondary N) is 1. The van der Waals surface area contributed by atoms with E-state index in [1.165, 1.54) is 4.80 Å². The van der Waals surface area contributed by atoms with E-state index in [1.54, 1.807) is 19.1 Å². The smallest absolute Gasteiger partial charge is 0.273 e. The second kappa shape index (κ2) is 7.92. The fourth-order valence-electron chi connectivity index (χ4n) is 2.87. The standard InChI is InChI=1S/C19H23ClN6O/c1-12(11-25-14(3)8-13(2)22-25)10-21-19(27)18-15(4)23-26(24-18)17-7-5-6-16(20)9-17/h5-9,12H,10-11H2,1-4H3,(H,21,27). The summed E-state index contributed by atoms with van der Waals surface area (Å²) in [6, 6.07) is 9.22. The van der Waals surface area contributed by atoms with Gasteiger partial charge in [-0.3, -0.25) is 9.48 Å². The van der Waals surface area contributed by atoms with E-state index < -0.39 is 0 Å². The van der Waals surface area contributed by atoms with Gasteiger partial charge < -0.3 is 5.32 Å². The summed E-state index contributed by atoms with van der Waals surface area (Å²) in [6.07, 6.45) is 0. The topological polar surface area (TPSA) is 77.6 Å². The summed E-state index contributed by atoms with van der Waals surface area (Å²) >= 11 is 6.01. The number of halogens is 1. The summed E-state index contributed by atoms with van der Waals surface area (Å²) < 4.78 is 1.97. The molecule has 1 N–H and O–H groups in total. The van der Waals surface area contributed by atoms with E-state index in [2.05, 4.69) is 27.5 Å². The third kappa shape index (κ3) is 4.54. The van der Waals surface area contributed by atoms with E-state index >= 15 is 0 Å². The van der Waals surface area contributed by atoms with Gasteiger partial charge in [-0.25, -0.2) is 0 Å². The molecular formula is C19H23ClN6O. The first kappa shape index (κ1) is 19.1. The summed E-state index contributed by atoms with van der Waals surface area (Å²) in [5.41, 5.74) is 3.71. The molecule has 1 atom stereocenters. The Balaban J connectivity index is 1.63. The maximum Gasteiger partial charge on any atom is 0.273 e. The molecule has 2 heterocycles. The summed E-state index contributed by atoms with van der Waals surface area (Å²) in [6.45, 7) is 9.12. The van der Waals surface area contributed by atoms with E-state index in [-0.39, 0.29) is 11.8 Å². The van der Waals surface area contributed by atoms with E-state index in [0.717, 1.165) is 17.9 Å². The quantitative estimate of drug-likeness (QED) is 0.706. The van der Waals surface area contributed by atoms with Gasteiger partial charge in [-0.1, -0.05) is 24.6 Å². The highest BCUT2D eigenvalue weighted by atomic mass is 35.5. The first-order chi connectivity index (χ1) is 12.8. The molecule has 0 bridgehead atoms. The van der Waals surface area contributed by atoms with Crippen molar-refractivity contribution in [2.24, 2.45) is 5.92 Å². The van der Waals surface area contributed by atoms with Crippen LogP contribution in [0.4, 0.5) is 0 Å². The van der Waals surface area contributed by atoms with Crippen molar-refractivity contribution >= 4 is 17.5 Å². The van der Waals surface area contributed by atoms with Gasteiger partial charge in [0.05, 0.1) is 17.1 Å². The number of rotatable bonds is 6. The van der Waals surface area contributed by atoms with Crippen LogP contribution >= 0.6 is 11.6 Å². The highest BCUT2D eigenvalue weighted by Gasteiger charge is 2.17. The lowest BCUT2D eigenvalue weighted by Crippen LogP contribution is -2.31. The van der Waals surface area contributed by atoms with Gasteiger partial charge in [0.15, 0.2) is 5.69 Å². The normalized spacial score (nSPS) is 12.2. The predicted octanol–water partition coefficient (Wildman–Crippen LogP) is 3.11. The second-order valence-corrected chi connectivity index (χ2v) is 7.26. The number of aromatic nitrogens is 5. The van der Waals surface area contributed by atoms with E-state index in [9.17, 15) is 4.79 Å². The van der Waals surface area contributed by atoms with Crippen LogP contribution in [0.3, 0.4) is 0 Å². The minimum atomic E-state index is -0.235. The summed E-state index contributed by atoms with van der Waals surface area (Å²) in [4.78, 5) is 14.0. The number of benzene rings is 1. The summed E-state index contributed by atoms with van der Waals surface area (Å²) in [7, 11) is 0. The largest absolute Gasteiger partial charge is 0.350 e. The Kier molecular flexibility index (Phi) is 5.60. The zero-order valence-corrected chi connectivity index (χ0v) is 16.7. The van der Waals surface area contributed by atoms with Crippen LogP contribution in [0.25, 0.3) is 5.69 Å². The lowest BCUT2D eigenvalue weighted by molar-refractivity contribution is 0.0940.